The molecule has 1 amide bonds. The molecule has 2 rings (SSSR count). The van der Waals surface area contributed by atoms with E-state index in [1.807, 2.05) is 25.2 Å². The Hall–Kier alpha value is -1.18. The summed E-state index contributed by atoms with van der Waals surface area (Å²) in [7, 11) is 4.03. The quantitative estimate of drug-likeness (QED) is 0.783. The van der Waals surface area contributed by atoms with Gasteiger partial charge in [0.15, 0.2) is 5.13 Å². The number of anilines is 1. The molecule has 1 fully saturated rings. The van der Waals surface area contributed by atoms with Crippen molar-refractivity contribution in [3.05, 3.63) is 11.1 Å². The maximum Gasteiger partial charge on any atom is 0.221 e. The van der Waals surface area contributed by atoms with E-state index >= 15 is 0 Å². The van der Waals surface area contributed by atoms with Gasteiger partial charge in [0, 0.05) is 57.3 Å². The van der Waals surface area contributed by atoms with Crippen LogP contribution in [0.5, 0.6) is 0 Å². The Balaban J connectivity index is 1.89. The van der Waals surface area contributed by atoms with Crippen molar-refractivity contribution in [3.8, 4) is 0 Å². The fraction of sp³-hybridized carbons (Fsp3) is 0.733. The molecule has 1 aromatic rings. The SMILES string of the molecule is CN(C)c1ncc(CN2CCCCC2CNC(=O)CCN)s1. The molecule has 3 N–H and O–H groups in total. The first kappa shape index (κ1) is 17.2. The minimum Gasteiger partial charge on any atom is -0.354 e. The van der Waals surface area contributed by atoms with Gasteiger partial charge in [-0.15, -0.1) is 11.3 Å². The molecule has 0 aromatic carbocycles. The summed E-state index contributed by atoms with van der Waals surface area (Å²) in [5, 5.41) is 4.05. The first-order valence-corrected chi connectivity index (χ1v) is 8.74. The van der Waals surface area contributed by atoms with Crippen molar-refractivity contribution in [1.29, 1.82) is 0 Å². The number of thiazole rings is 1. The van der Waals surface area contributed by atoms with Crippen molar-refractivity contribution >= 4 is 22.4 Å². The molecule has 0 saturated carbocycles. The van der Waals surface area contributed by atoms with Gasteiger partial charge in [0.05, 0.1) is 0 Å². The average molecular weight is 325 g/mol. The van der Waals surface area contributed by atoms with Gasteiger partial charge >= 0.3 is 0 Å². The highest BCUT2D eigenvalue weighted by Gasteiger charge is 2.23. The predicted molar refractivity (Wildman–Crippen MR) is 91.2 cm³/mol. The van der Waals surface area contributed by atoms with Crippen LogP contribution in [0, 0.1) is 0 Å². The van der Waals surface area contributed by atoms with Crippen LogP contribution in [0.2, 0.25) is 0 Å². The van der Waals surface area contributed by atoms with Gasteiger partial charge in [-0.2, -0.15) is 0 Å². The van der Waals surface area contributed by atoms with Gasteiger partial charge in [-0.25, -0.2) is 4.98 Å². The highest BCUT2D eigenvalue weighted by Crippen LogP contribution is 2.25. The van der Waals surface area contributed by atoms with E-state index in [2.05, 4.69) is 15.2 Å². The number of hydrogen-bond donors (Lipinski definition) is 2. The number of rotatable bonds is 7. The summed E-state index contributed by atoms with van der Waals surface area (Å²) in [5.41, 5.74) is 5.41. The van der Waals surface area contributed by atoms with E-state index in [0.29, 0.717) is 19.0 Å². The molecule has 6 nitrogen and oxygen atoms in total. The second kappa shape index (κ2) is 8.45. The van der Waals surface area contributed by atoms with Crippen LogP contribution in [0.15, 0.2) is 6.20 Å². The topological polar surface area (TPSA) is 74.5 Å². The Labute approximate surface area is 136 Å². The molecule has 1 aromatic heterocycles. The lowest BCUT2D eigenvalue weighted by Gasteiger charge is -2.35. The molecule has 0 spiro atoms. The molecular weight excluding hydrogens is 298 g/mol. The maximum absolute atomic E-state index is 11.6. The van der Waals surface area contributed by atoms with Crippen molar-refractivity contribution < 1.29 is 4.79 Å². The fourth-order valence-corrected chi connectivity index (χ4v) is 3.59. The molecule has 1 unspecified atom stereocenters. The minimum atomic E-state index is 0.0562. The molecule has 1 aliphatic rings. The molecule has 0 aliphatic carbocycles. The predicted octanol–water partition coefficient (Wildman–Crippen LogP) is 1.03. The summed E-state index contributed by atoms with van der Waals surface area (Å²) in [5.74, 6) is 0.0562. The first-order chi connectivity index (χ1) is 10.6. The summed E-state index contributed by atoms with van der Waals surface area (Å²) in [6.07, 6.45) is 5.99. The lowest BCUT2D eigenvalue weighted by Crippen LogP contribution is -2.46. The Morgan fingerprint density at radius 2 is 2.36 bits per heavy atom. The van der Waals surface area contributed by atoms with Gasteiger partial charge in [0.25, 0.3) is 0 Å². The zero-order chi connectivity index (χ0) is 15.9. The van der Waals surface area contributed by atoms with Crippen LogP contribution >= 0.6 is 11.3 Å². The van der Waals surface area contributed by atoms with E-state index in [1.165, 1.54) is 17.7 Å². The van der Waals surface area contributed by atoms with Crippen molar-refractivity contribution in [2.75, 3.05) is 38.6 Å². The van der Waals surface area contributed by atoms with Crippen LogP contribution in [-0.2, 0) is 11.3 Å². The van der Waals surface area contributed by atoms with E-state index in [-0.39, 0.29) is 5.91 Å². The Bertz CT molecular complexity index is 476. The van der Waals surface area contributed by atoms with Gasteiger partial charge in [0.2, 0.25) is 5.91 Å². The summed E-state index contributed by atoms with van der Waals surface area (Å²) in [4.78, 5) is 21.8. The van der Waals surface area contributed by atoms with E-state index < -0.39 is 0 Å². The van der Waals surface area contributed by atoms with E-state index in [9.17, 15) is 4.79 Å². The van der Waals surface area contributed by atoms with Crippen LogP contribution in [-0.4, -0.2) is 55.6 Å². The standard InChI is InChI=1S/C15H27N5OS/c1-19(2)15-18-10-13(22-15)11-20-8-4-3-5-12(20)9-17-14(21)6-7-16/h10,12H,3-9,11,16H2,1-2H3,(H,17,21). The number of piperidine rings is 1. The van der Waals surface area contributed by atoms with Crippen molar-refractivity contribution in [3.63, 3.8) is 0 Å². The number of aromatic nitrogens is 1. The summed E-state index contributed by atoms with van der Waals surface area (Å²) in [6, 6.07) is 0.417. The average Bonchev–Trinajstić information content (AvgIpc) is 2.95. The number of nitrogens with one attached hydrogen (secondary N) is 1. The maximum atomic E-state index is 11.6. The van der Waals surface area contributed by atoms with Crippen LogP contribution < -0.4 is 16.0 Å². The lowest BCUT2D eigenvalue weighted by atomic mass is 10.0. The monoisotopic (exact) mass is 325 g/mol. The molecule has 0 bridgehead atoms. The highest BCUT2D eigenvalue weighted by molar-refractivity contribution is 7.15. The van der Waals surface area contributed by atoms with E-state index in [4.69, 9.17) is 5.73 Å². The summed E-state index contributed by atoms with van der Waals surface area (Å²) in [6.45, 7) is 3.14. The Morgan fingerprint density at radius 1 is 1.55 bits per heavy atom. The normalized spacial score (nSPS) is 19.1. The van der Waals surface area contributed by atoms with Gasteiger partial charge in [-0.1, -0.05) is 6.42 Å². The highest BCUT2D eigenvalue weighted by atomic mass is 32.1. The number of carbonyl (C=O) groups excluding carboxylic acids is 1. The molecule has 1 atom stereocenters. The third kappa shape index (κ3) is 4.93. The lowest BCUT2D eigenvalue weighted by molar-refractivity contribution is -0.121. The number of amides is 1. The Kier molecular flexibility index (Phi) is 6.60. The van der Waals surface area contributed by atoms with E-state index in [0.717, 1.165) is 31.2 Å². The number of hydrogen-bond acceptors (Lipinski definition) is 6. The van der Waals surface area contributed by atoms with Crippen molar-refractivity contribution in [1.82, 2.24) is 15.2 Å². The summed E-state index contributed by atoms with van der Waals surface area (Å²) >= 11 is 1.74. The molecule has 1 aliphatic heterocycles. The second-order valence-electron chi connectivity index (χ2n) is 5.97. The van der Waals surface area contributed by atoms with Crippen LogP contribution in [0.25, 0.3) is 0 Å². The fourth-order valence-electron chi connectivity index (χ4n) is 2.73. The van der Waals surface area contributed by atoms with Gasteiger partial charge in [-0.3, -0.25) is 9.69 Å². The largest absolute Gasteiger partial charge is 0.354 e. The number of nitrogens with zero attached hydrogens (tertiary/aromatic N) is 3. The third-order valence-corrected chi connectivity index (χ3v) is 5.09. The number of nitrogens with two attached hydrogens (primary N) is 1. The molecular formula is C15H27N5OS. The zero-order valence-electron chi connectivity index (χ0n) is 13.5. The van der Waals surface area contributed by atoms with Crippen LogP contribution in [0.4, 0.5) is 5.13 Å². The van der Waals surface area contributed by atoms with Crippen LogP contribution in [0.3, 0.4) is 0 Å². The first-order valence-electron chi connectivity index (χ1n) is 7.93. The van der Waals surface area contributed by atoms with Crippen LogP contribution in [0.1, 0.15) is 30.6 Å². The van der Waals surface area contributed by atoms with Crippen molar-refractivity contribution in [2.24, 2.45) is 5.73 Å². The molecule has 2 heterocycles. The molecule has 124 valence electrons. The molecule has 7 heteroatoms. The van der Waals surface area contributed by atoms with Gasteiger partial charge < -0.3 is 16.0 Å². The minimum absolute atomic E-state index is 0.0562. The van der Waals surface area contributed by atoms with Gasteiger partial charge in [0.1, 0.15) is 0 Å². The van der Waals surface area contributed by atoms with Gasteiger partial charge in [-0.05, 0) is 19.4 Å². The second-order valence-corrected chi connectivity index (χ2v) is 7.06. The number of likely N-dealkylation sites (tertiary alicyclic amines) is 1. The van der Waals surface area contributed by atoms with E-state index in [1.54, 1.807) is 11.3 Å². The number of carbonyl (C=O) groups is 1. The summed E-state index contributed by atoms with van der Waals surface area (Å²) < 4.78 is 0. The Morgan fingerprint density at radius 3 is 3.05 bits per heavy atom. The van der Waals surface area contributed by atoms with Crippen molar-refractivity contribution in [2.45, 2.75) is 38.3 Å². The molecule has 22 heavy (non-hydrogen) atoms. The third-order valence-electron chi connectivity index (χ3n) is 3.94. The smallest absolute Gasteiger partial charge is 0.221 e. The molecule has 1 saturated heterocycles. The molecule has 0 radical (unpaired) electrons. The zero-order valence-corrected chi connectivity index (χ0v) is 14.4.